The molecule has 0 aliphatic carbocycles. The summed E-state index contributed by atoms with van der Waals surface area (Å²) in [5.41, 5.74) is 3.05. The van der Waals surface area contributed by atoms with E-state index < -0.39 is 0 Å². The molecule has 1 saturated heterocycles. The molecule has 3 heterocycles. The predicted molar refractivity (Wildman–Crippen MR) is 96.2 cm³/mol. The molecule has 124 valence electrons. The molecule has 0 spiro atoms. The molecule has 0 unspecified atom stereocenters. The number of nitrogens with zero attached hydrogens (tertiary/aromatic N) is 3. The second-order valence-electron chi connectivity index (χ2n) is 6.41. The quantitative estimate of drug-likeness (QED) is 0.826. The summed E-state index contributed by atoms with van der Waals surface area (Å²) in [6, 6.07) is 10.1. The number of piperidine rings is 1. The summed E-state index contributed by atoms with van der Waals surface area (Å²) in [5, 5.41) is 0.537. The Morgan fingerprint density at radius 2 is 1.88 bits per heavy atom. The molecule has 4 nitrogen and oxygen atoms in total. The van der Waals surface area contributed by atoms with Crippen molar-refractivity contribution in [3.63, 3.8) is 0 Å². The third-order valence-corrected chi connectivity index (χ3v) is 5.13. The average Bonchev–Trinajstić information content (AvgIpc) is 3.06. The largest absolute Gasteiger partial charge is 0.339 e. The first-order valence-electron chi connectivity index (χ1n) is 8.54. The number of pyridine rings is 1. The highest BCUT2D eigenvalue weighted by Gasteiger charge is 2.24. The Morgan fingerprint density at radius 3 is 2.67 bits per heavy atom. The van der Waals surface area contributed by atoms with Gasteiger partial charge in [-0.05, 0) is 43.4 Å². The van der Waals surface area contributed by atoms with Crippen LogP contribution in [0.15, 0.2) is 36.5 Å². The van der Waals surface area contributed by atoms with Gasteiger partial charge in [0.15, 0.2) is 5.82 Å². The van der Waals surface area contributed by atoms with Crippen LogP contribution in [0.25, 0.3) is 0 Å². The number of para-hydroxylation sites is 1. The van der Waals surface area contributed by atoms with Gasteiger partial charge < -0.3 is 9.80 Å². The number of likely N-dealkylation sites (tertiary alicyclic amines) is 1. The Morgan fingerprint density at radius 1 is 1.08 bits per heavy atom. The van der Waals surface area contributed by atoms with Crippen molar-refractivity contribution < 1.29 is 4.79 Å². The lowest BCUT2D eigenvalue weighted by atomic mass is 10.1. The number of carbonyl (C=O) groups excluding carboxylic acids is 1. The van der Waals surface area contributed by atoms with Crippen LogP contribution in [0.4, 0.5) is 11.5 Å². The van der Waals surface area contributed by atoms with E-state index in [4.69, 9.17) is 11.6 Å². The topological polar surface area (TPSA) is 36.4 Å². The molecule has 1 aromatic carbocycles. The zero-order valence-corrected chi connectivity index (χ0v) is 14.3. The lowest BCUT2D eigenvalue weighted by molar-refractivity contribution is 0.0724. The van der Waals surface area contributed by atoms with Gasteiger partial charge in [-0.25, -0.2) is 4.98 Å². The zero-order valence-electron chi connectivity index (χ0n) is 13.5. The van der Waals surface area contributed by atoms with Gasteiger partial charge in [0.25, 0.3) is 5.91 Å². The van der Waals surface area contributed by atoms with E-state index in [2.05, 4.69) is 28.1 Å². The van der Waals surface area contributed by atoms with Gasteiger partial charge >= 0.3 is 0 Å². The van der Waals surface area contributed by atoms with Crippen molar-refractivity contribution in [3.8, 4) is 0 Å². The van der Waals surface area contributed by atoms with E-state index in [1.54, 1.807) is 12.3 Å². The highest BCUT2D eigenvalue weighted by Crippen LogP contribution is 2.36. The molecule has 1 amide bonds. The monoisotopic (exact) mass is 341 g/mol. The van der Waals surface area contributed by atoms with Crippen LogP contribution in [0.5, 0.6) is 0 Å². The lowest BCUT2D eigenvalue weighted by Gasteiger charge is -2.27. The van der Waals surface area contributed by atoms with E-state index in [1.165, 1.54) is 12.0 Å². The van der Waals surface area contributed by atoms with Crippen LogP contribution < -0.4 is 4.90 Å². The summed E-state index contributed by atoms with van der Waals surface area (Å²) < 4.78 is 0. The van der Waals surface area contributed by atoms with Crippen LogP contribution in [-0.4, -0.2) is 35.4 Å². The number of hydrogen-bond donors (Lipinski definition) is 0. The summed E-state index contributed by atoms with van der Waals surface area (Å²) >= 11 is 6.48. The van der Waals surface area contributed by atoms with Crippen molar-refractivity contribution in [2.24, 2.45) is 0 Å². The third kappa shape index (κ3) is 2.75. The first kappa shape index (κ1) is 15.5. The van der Waals surface area contributed by atoms with Crippen molar-refractivity contribution >= 4 is 29.0 Å². The molecule has 0 bridgehead atoms. The zero-order chi connectivity index (χ0) is 16.5. The summed E-state index contributed by atoms with van der Waals surface area (Å²) in [5.74, 6) is 0.772. The Kier molecular flexibility index (Phi) is 4.15. The van der Waals surface area contributed by atoms with E-state index in [9.17, 15) is 4.79 Å². The molecular formula is C19H20ClN3O. The van der Waals surface area contributed by atoms with Crippen molar-refractivity contribution in [1.29, 1.82) is 0 Å². The molecule has 2 aliphatic heterocycles. The van der Waals surface area contributed by atoms with Crippen LogP contribution >= 0.6 is 11.6 Å². The molecule has 0 N–H and O–H groups in total. The molecule has 4 rings (SSSR count). The van der Waals surface area contributed by atoms with Crippen molar-refractivity contribution in [3.05, 3.63) is 52.7 Å². The summed E-state index contributed by atoms with van der Waals surface area (Å²) in [4.78, 5) is 21.2. The molecule has 0 radical (unpaired) electrons. The predicted octanol–water partition coefficient (Wildman–Crippen LogP) is 4.06. The second-order valence-corrected chi connectivity index (χ2v) is 6.82. The smallest absolute Gasteiger partial charge is 0.255 e. The molecule has 1 fully saturated rings. The fourth-order valence-electron chi connectivity index (χ4n) is 3.58. The fraction of sp³-hybridized carbons (Fsp3) is 0.368. The minimum atomic E-state index is 0.0393. The number of fused-ring (bicyclic) bond motifs is 1. The van der Waals surface area contributed by atoms with Crippen LogP contribution in [0.1, 0.15) is 35.2 Å². The minimum Gasteiger partial charge on any atom is -0.339 e. The van der Waals surface area contributed by atoms with Gasteiger partial charge in [-0.15, -0.1) is 0 Å². The van der Waals surface area contributed by atoms with Gasteiger partial charge in [-0.3, -0.25) is 4.79 Å². The van der Waals surface area contributed by atoms with E-state index >= 15 is 0 Å². The maximum Gasteiger partial charge on any atom is 0.255 e. The first-order valence-corrected chi connectivity index (χ1v) is 8.92. The average molecular weight is 342 g/mol. The maximum absolute atomic E-state index is 12.6. The van der Waals surface area contributed by atoms with E-state index in [-0.39, 0.29) is 5.91 Å². The van der Waals surface area contributed by atoms with Crippen molar-refractivity contribution in [2.45, 2.75) is 25.7 Å². The number of benzene rings is 1. The first-order chi connectivity index (χ1) is 11.7. The Bertz CT molecular complexity index is 771. The maximum atomic E-state index is 12.6. The number of amides is 1. The number of hydrogen-bond acceptors (Lipinski definition) is 3. The summed E-state index contributed by atoms with van der Waals surface area (Å²) in [6.45, 7) is 2.53. The Labute approximate surface area is 147 Å². The lowest BCUT2D eigenvalue weighted by Crippen LogP contribution is -2.35. The highest BCUT2D eigenvalue weighted by atomic mass is 35.5. The van der Waals surface area contributed by atoms with Crippen LogP contribution in [0.3, 0.4) is 0 Å². The molecule has 0 atom stereocenters. The van der Waals surface area contributed by atoms with Crippen LogP contribution in [-0.2, 0) is 6.42 Å². The van der Waals surface area contributed by atoms with Gasteiger partial charge in [-0.2, -0.15) is 0 Å². The van der Waals surface area contributed by atoms with Gasteiger partial charge in [0.2, 0.25) is 0 Å². The highest BCUT2D eigenvalue weighted by molar-refractivity contribution is 6.33. The fourth-order valence-corrected chi connectivity index (χ4v) is 3.85. The van der Waals surface area contributed by atoms with Gasteiger partial charge in [0.05, 0.1) is 10.6 Å². The Balaban J connectivity index is 1.60. The van der Waals surface area contributed by atoms with E-state index in [0.717, 1.165) is 50.4 Å². The molecule has 1 aromatic heterocycles. The molecule has 5 heteroatoms. The SMILES string of the molecule is O=C(c1cnc(N2CCc3ccccc32)c(Cl)c1)N1CCCCC1. The van der Waals surface area contributed by atoms with E-state index in [0.29, 0.717) is 10.6 Å². The van der Waals surface area contributed by atoms with Gasteiger partial charge in [-0.1, -0.05) is 29.8 Å². The molecule has 0 saturated carbocycles. The van der Waals surface area contributed by atoms with Crippen LogP contribution in [0, 0.1) is 0 Å². The van der Waals surface area contributed by atoms with Gasteiger partial charge in [0.1, 0.15) is 0 Å². The van der Waals surface area contributed by atoms with Crippen molar-refractivity contribution in [2.75, 3.05) is 24.5 Å². The third-order valence-electron chi connectivity index (χ3n) is 4.85. The summed E-state index contributed by atoms with van der Waals surface area (Å²) in [6.07, 6.45) is 6.02. The van der Waals surface area contributed by atoms with Crippen LogP contribution in [0.2, 0.25) is 5.02 Å². The minimum absolute atomic E-state index is 0.0393. The number of rotatable bonds is 2. The standard InChI is InChI=1S/C19H20ClN3O/c20-16-12-15(19(24)22-9-4-1-5-10-22)13-21-18(16)23-11-8-14-6-2-3-7-17(14)23/h2-3,6-7,12-13H,1,4-5,8-11H2. The number of halogens is 1. The number of aromatic nitrogens is 1. The number of anilines is 2. The normalized spacial score (nSPS) is 17.0. The van der Waals surface area contributed by atoms with Gasteiger partial charge in [0, 0.05) is 31.5 Å². The summed E-state index contributed by atoms with van der Waals surface area (Å²) in [7, 11) is 0. The molecule has 2 aromatic rings. The molecule has 2 aliphatic rings. The molecular weight excluding hydrogens is 322 g/mol. The molecule has 24 heavy (non-hydrogen) atoms. The Hall–Kier alpha value is -2.07. The number of carbonyl (C=O) groups is 1. The second kappa shape index (κ2) is 6.44. The van der Waals surface area contributed by atoms with Crippen molar-refractivity contribution in [1.82, 2.24) is 9.88 Å². The van der Waals surface area contributed by atoms with E-state index in [1.807, 2.05) is 11.0 Å².